The number of rotatable bonds is 6. The van der Waals surface area contributed by atoms with E-state index < -0.39 is 0 Å². The van der Waals surface area contributed by atoms with Crippen LogP contribution in [0.5, 0.6) is 0 Å². The van der Waals surface area contributed by atoms with Gasteiger partial charge in [-0.2, -0.15) is 0 Å². The van der Waals surface area contributed by atoms with E-state index in [1.54, 1.807) is 11.0 Å². The van der Waals surface area contributed by atoms with Gasteiger partial charge < -0.3 is 4.74 Å². The van der Waals surface area contributed by atoms with Crippen LogP contribution in [-0.4, -0.2) is 56.9 Å². The number of nitrogens with one attached hydrogen (secondary N) is 1. The second kappa shape index (κ2) is 9.15. The summed E-state index contributed by atoms with van der Waals surface area (Å²) in [5.41, 5.74) is 1.11. The number of hydrogen-bond donors (Lipinski definition) is 1. The smallest absolute Gasteiger partial charge is 0.248 e. The summed E-state index contributed by atoms with van der Waals surface area (Å²) < 4.78 is 8.57. The molecule has 1 aromatic heterocycles. The van der Waals surface area contributed by atoms with E-state index in [0.29, 0.717) is 12.5 Å². The number of carbonyl (C=O) groups excluding carboxylic acids is 1. The van der Waals surface area contributed by atoms with Crippen molar-refractivity contribution in [2.75, 3.05) is 18.4 Å². The van der Waals surface area contributed by atoms with Gasteiger partial charge in [0.2, 0.25) is 11.9 Å². The molecule has 1 saturated heterocycles. The number of amides is 1. The van der Waals surface area contributed by atoms with E-state index in [1.807, 2.05) is 38.1 Å². The maximum Gasteiger partial charge on any atom is 0.248 e. The van der Waals surface area contributed by atoms with Gasteiger partial charge in [-0.25, -0.2) is 9.67 Å². The highest BCUT2D eigenvalue weighted by atomic mass is 79.9. The topological polar surface area (TPSA) is 72.3 Å². The fraction of sp³-hybridized carbons (Fsp3) is 0.550. The maximum absolute atomic E-state index is 13.0. The molecule has 1 aliphatic rings. The van der Waals surface area contributed by atoms with E-state index in [1.165, 1.54) is 0 Å². The maximum atomic E-state index is 13.0. The first-order valence-electron chi connectivity index (χ1n) is 9.66. The van der Waals surface area contributed by atoms with Gasteiger partial charge in [0.15, 0.2) is 0 Å². The van der Waals surface area contributed by atoms with Gasteiger partial charge in [-0.05, 0) is 37.5 Å². The molecule has 2 heterocycles. The molecule has 0 spiro atoms. The molecule has 3 atom stereocenters. The number of aromatic nitrogens is 3. The molecule has 1 aliphatic heterocycles. The summed E-state index contributed by atoms with van der Waals surface area (Å²) in [6.07, 6.45) is 1.86. The van der Waals surface area contributed by atoms with Crippen molar-refractivity contribution in [3.8, 4) is 0 Å². The van der Waals surface area contributed by atoms with Crippen LogP contribution in [0.4, 0.5) is 5.95 Å². The van der Waals surface area contributed by atoms with Gasteiger partial charge >= 0.3 is 0 Å². The minimum Gasteiger partial charge on any atom is -0.373 e. The van der Waals surface area contributed by atoms with E-state index in [4.69, 9.17) is 4.74 Å². The minimum atomic E-state index is -0.243. The fourth-order valence-electron chi connectivity index (χ4n) is 3.72. The van der Waals surface area contributed by atoms with Crippen LogP contribution in [0.3, 0.4) is 0 Å². The molecular weight excluding hydrogens is 422 g/mol. The number of nitrogens with zero attached hydrogens (tertiary/aromatic N) is 4. The first-order chi connectivity index (χ1) is 13.3. The quantitative estimate of drug-likeness (QED) is 0.732. The Morgan fingerprint density at radius 1 is 1.25 bits per heavy atom. The third kappa shape index (κ3) is 5.40. The SMILES string of the molecule is CC1CN(C(C(=O)Nc2ncn(Cc3ccc(Br)cc3)n2)C(C)C)CC(C)O1. The van der Waals surface area contributed by atoms with Crippen molar-refractivity contribution in [2.24, 2.45) is 5.92 Å². The minimum absolute atomic E-state index is 0.0716. The van der Waals surface area contributed by atoms with E-state index in [2.05, 4.69) is 50.1 Å². The summed E-state index contributed by atoms with van der Waals surface area (Å²) in [6.45, 7) is 10.3. The Kier molecular flexibility index (Phi) is 6.85. The van der Waals surface area contributed by atoms with Crippen LogP contribution in [0.15, 0.2) is 35.1 Å². The fourth-order valence-corrected chi connectivity index (χ4v) is 3.99. The van der Waals surface area contributed by atoms with Crippen molar-refractivity contribution >= 4 is 27.8 Å². The Bertz CT molecular complexity index is 782. The zero-order valence-corrected chi connectivity index (χ0v) is 18.4. The van der Waals surface area contributed by atoms with Crippen molar-refractivity contribution in [1.82, 2.24) is 19.7 Å². The summed E-state index contributed by atoms with van der Waals surface area (Å²) >= 11 is 3.43. The molecular formula is C20H28BrN5O2. The highest BCUT2D eigenvalue weighted by Gasteiger charge is 2.34. The van der Waals surface area contributed by atoms with Crippen molar-refractivity contribution < 1.29 is 9.53 Å². The highest BCUT2D eigenvalue weighted by Crippen LogP contribution is 2.20. The van der Waals surface area contributed by atoms with Crippen LogP contribution in [-0.2, 0) is 16.1 Å². The second-order valence-electron chi connectivity index (χ2n) is 7.78. The van der Waals surface area contributed by atoms with Crippen LogP contribution in [0.25, 0.3) is 0 Å². The summed E-state index contributed by atoms with van der Waals surface area (Å²) in [6, 6.07) is 7.80. The largest absolute Gasteiger partial charge is 0.373 e. The molecule has 1 aromatic carbocycles. The van der Waals surface area contributed by atoms with Crippen molar-refractivity contribution in [3.63, 3.8) is 0 Å². The first kappa shape index (κ1) is 21.0. The van der Waals surface area contributed by atoms with Gasteiger partial charge in [-0.15, -0.1) is 5.10 Å². The number of benzene rings is 1. The Morgan fingerprint density at radius 3 is 2.50 bits per heavy atom. The Balaban J connectivity index is 1.65. The zero-order valence-electron chi connectivity index (χ0n) is 16.8. The second-order valence-corrected chi connectivity index (χ2v) is 8.70. The Hall–Kier alpha value is -1.77. The molecule has 2 aromatic rings. The molecule has 0 radical (unpaired) electrons. The lowest BCUT2D eigenvalue weighted by Crippen LogP contribution is -2.55. The third-order valence-corrected chi connectivity index (χ3v) is 5.30. The molecule has 3 rings (SSSR count). The number of ether oxygens (including phenoxy) is 1. The van der Waals surface area contributed by atoms with Gasteiger partial charge in [-0.3, -0.25) is 15.0 Å². The van der Waals surface area contributed by atoms with E-state index in [-0.39, 0.29) is 30.1 Å². The number of anilines is 1. The van der Waals surface area contributed by atoms with Gasteiger partial charge in [0.1, 0.15) is 6.33 Å². The third-order valence-electron chi connectivity index (χ3n) is 4.77. The average Bonchev–Trinajstić information content (AvgIpc) is 3.02. The molecule has 0 saturated carbocycles. The van der Waals surface area contributed by atoms with Gasteiger partial charge in [0, 0.05) is 17.6 Å². The molecule has 28 heavy (non-hydrogen) atoms. The predicted octanol–water partition coefficient (Wildman–Crippen LogP) is 3.16. The van der Waals surface area contributed by atoms with Gasteiger partial charge in [0.25, 0.3) is 0 Å². The van der Waals surface area contributed by atoms with Crippen LogP contribution in [0.1, 0.15) is 33.3 Å². The van der Waals surface area contributed by atoms with Crippen LogP contribution >= 0.6 is 15.9 Å². The highest BCUT2D eigenvalue weighted by molar-refractivity contribution is 9.10. The normalized spacial score (nSPS) is 21.6. The standard InChI is InChI=1S/C20H28BrN5O2/c1-13(2)18(25-9-14(3)28-15(4)10-25)19(27)23-20-22-12-26(24-20)11-16-5-7-17(21)8-6-16/h5-8,12-15,18H,9-11H2,1-4H3,(H,23,24,27). The monoisotopic (exact) mass is 449 g/mol. The Morgan fingerprint density at radius 2 is 1.89 bits per heavy atom. The van der Waals surface area contributed by atoms with Gasteiger partial charge in [0.05, 0.1) is 24.8 Å². The number of hydrogen-bond acceptors (Lipinski definition) is 5. The number of halogens is 1. The number of carbonyl (C=O) groups is 1. The molecule has 0 bridgehead atoms. The summed E-state index contributed by atoms with van der Waals surface area (Å²) in [4.78, 5) is 19.4. The zero-order chi connectivity index (χ0) is 20.3. The molecule has 0 aliphatic carbocycles. The van der Waals surface area contributed by atoms with Crippen LogP contribution in [0.2, 0.25) is 0 Å². The lowest BCUT2D eigenvalue weighted by molar-refractivity contribution is -0.130. The van der Waals surface area contributed by atoms with Crippen LogP contribution in [0, 0.1) is 5.92 Å². The van der Waals surface area contributed by atoms with Crippen molar-refractivity contribution in [1.29, 1.82) is 0 Å². The molecule has 152 valence electrons. The van der Waals surface area contributed by atoms with Crippen molar-refractivity contribution in [3.05, 3.63) is 40.6 Å². The van der Waals surface area contributed by atoms with E-state index in [0.717, 1.165) is 23.1 Å². The Labute approximate surface area is 174 Å². The first-order valence-corrected chi connectivity index (χ1v) is 10.5. The lowest BCUT2D eigenvalue weighted by atomic mass is 10.00. The molecule has 1 amide bonds. The summed E-state index contributed by atoms with van der Waals surface area (Å²) in [5.74, 6) is 0.433. The van der Waals surface area contributed by atoms with Gasteiger partial charge in [-0.1, -0.05) is 41.9 Å². The summed E-state index contributed by atoms with van der Waals surface area (Å²) in [7, 11) is 0. The van der Waals surface area contributed by atoms with E-state index >= 15 is 0 Å². The predicted molar refractivity (Wildman–Crippen MR) is 112 cm³/mol. The molecule has 7 nitrogen and oxygen atoms in total. The summed E-state index contributed by atoms with van der Waals surface area (Å²) in [5, 5.41) is 7.30. The molecule has 3 unspecified atom stereocenters. The van der Waals surface area contributed by atoms with Crippen molar-refractivity contribution in [2.45, 2.75) is 52.5 Å². The molecule has 8 heteroatoms. The van der Waals surface area contributed by atoms with Crippen LogP contribution < -0.4 is 5.32 Å². The average molecular weight is 450 g/mol. The number of morpholine rings is 1. The molecule has 1 fully saturated rings. The van der Waals surface area contributed by atoms with E-state index in [9.17, 15) is 4.79 Å². The lowest BCUT2D eigenvalue weighted by Gasteiger charge is -2.40. The molecule has 1 N–H and O–H groups in total.